The van der Waals surface area contributed by atoms with Gasteiger partial charge in [-0.15, -0.1) is 0 Å². The van der Waals surface area contributed by atoms with Gasteiger partial charge in [-0.05, 0) is 18.2 Å². The molecule has 1 N–H and O–H groups in total. The third-order valence-electron chi connectivity index (χ3n) is 2.84. The molecule has 0 atom stereocenters. The number of hydrogen-bond donors (Lipinski definition) is 1. The highest BCUT2D eigenvalue weighted by molar-refractivity contribution is 9.10. The highest BCUT2D eigenvalue weighted by atomic mass is 79.9. The second-order valence-corrected chi connectivity index (χ2v) is 4.99. The lowest BCUT2D eigenvalue weighted by Gasteiger charge is -2.14. The average Bonchev–Trinajstić information content (AvgIpc) is 2.46. The maximum Gasteiger partial charge on any atom is 0.167 e. The average molecular weight is 341 g/mol. The summed E-state index contributed by atoms with van der Waals surface area (Å²) in [6, 6.07) is 9.71. The highest BCUT2D eigenvalue weighted by Crippen LogP contribution is 2.32. The van der Waals surface area contributed by atoms with Gasteiger partial charge in [-0.3, -0.25) is 0 Å². The summed E-state index contributed by atoms with van der Waals surface area (Å²) in [6.45, 7) is 0.103. The minimum atomic E-state index is -0.311. The molecule has 106 valence electrons. The van der Waals surface area contributed by atoms with E-state index in [4.69, 9.17) is 9.47 Å². The van der Waals surface area contributed by atoms with Gasteiger partial charge in [-0.25, -0.2) is 4.39 Å². The van der Waals surface area contributed by atoms with Gasteiger partial charge in [0.2, 0.25) is 0 Å². The van der Waals surface area contributed by atoms with Crippen LogP contribution in [0, 0.1) is 5.82 Å². The van der Waals surface area contributed by atoms with Crippen molar-refractivity contribution in [3.8, 4) is 11.5 Å². The fourth-order valence-electron chi connectivity index (χ4n) is 1.80. The molecule has 0 spiro atoms. The van der Waals surface area contributed by atoms with E-state index in [-0.39, 0.29) is 19.0 Å². The zero-order valence-electron chi connectivity index (χ0n) is 10.9. The van der Waals surface area contributed by atoms with Crippen LogP contribution in [0.5, 0.6) is 11.5 Å². The molecule has 0 heterocycles. The lowest BCUT2D eigenvalue weighted by molar-refractivity contribution is 0.249. The number of benzene rings is 2. The van der Waals surface area contributed by atoms with Crippen molar-refractivity contribution < 1.29 is 19.0 Å². The number of methoxy groups -OCH3 is 1. The Morgan fingerprint density at radius 3 is 2.65 bits per heavy atom. The van der Waals surface area contributed by atoms with Crippen molar-refractivity contribution in [2.45, 2.75) is 13.2 Å². The molecular weight excluding hydrogens is 327 g/mol. The van der Waals surface area contributed by atoms with Gasteiger partial charge in [0.15, 0.2) is 11.5 Å². The minimum Gasteiger partial charge on any atom is -0.493 e. The van der Waals surface area contributed by atoms with Crippen LogP contribution in [0.1, 0.15) is 11.1 Å². The van der Waals surface area contributed by atoms with Gasteiger partial charge in [0.1, 0.15) is 12.4 Å². The summed E-state index contributed by atoms with van der Waals surface area (Å²) < 4.78 is 24.6. The minimum absolute atomic E-state index is 0.142. The van der Waals surface area contributed by atoms with E-state index in [0.29, 0.717) is 21.5 Å². The molecule has 0 aliphatic heterocycles. The number of hydrogen-bond acceptors (Lipinski definition) is 3. The fourth-order valence-corrected chi connectivity index (χ4v) is 2.26. The monoisotopic (exact) mass is 340 g/mol. The Bertz CT molecular complexity index is 579. The summed E-state index contributed by atoms with van der Waals surface area (Å²) in [5.74, 6) is 0.734. The van der Waals surface area contributed by atoms with E-state index in [9.17, 15) is 9.50 Å². The van der Waals surface area contributed by atoms with E-state index in [2.05, 4.69) is 15.9 Å². The van der Waals surface area contributed by atoms with E-state index >= 15 is 0 Å². The van der Waals surface area contributed by atoms with Gasteiger partial charge in [0, 0.05) is 15.6 Å². The second-order valence-electron chi connectivity index (χ2n) is 4.13. The van der Waals surface area contributed by atoms with Gasteiger partial charge in [0.05, 0.1) is 13.7 Å². The first-order valence-corrected chi connectivity index (χ1v) is 6.78. The topological polar surface area (TPSA) is 38.7 Å². The molecule has 2 aromatic rings. The number of rotatable bonds is 5. The van der Waals surface area contributed by atoms with Crippen LogP contribution in [-0.2, 0) is 13.2 Å². The van der Waals surface area contributed by atoms with E-state index < -0.39 is 0 Å². The van der Waals surface area contributed by atoms with Crippen molar-refractivity contribution >= 4 is 15.9 Å². The fraction of sp³-hybridized carbons (Fsp3) is 0.200. The molecular formula is C15H14BrFO3. The molecule has 5 heteroatoms. The Hall–Kier alpha value is -1.59. The van der Waals surface area contributed by atoms with Crippen LogP contribution in [0.15, 0.2) is 40.9 Å². The summed E-state index contributed by atoms with van der Waals surface area (Å²) in [4.78, 5) is 0. The Kier molecular flexibility index (Phi) is 4.98. The first kappa shape index (κ1) is 14.8. The molecule has 0 unspecified atom stereocenters. The van der Waals surface area contributed by atoms with Crippen molar-refractivity contribution in [2.75, 3.05) is 7.11 Å². The summed E-state index contributed by atoms with van der Waals surface area (Å²) in [7, 11) is 1.54. The van der Waals surface area contributed by atoms with Gasteiger partial charge in [-0.1, -0.05) is 34.1 Å². The van der Waals surface area contributed by atoms with Crippen molar-refractivity contribution in [1.29, 1.82) is 0 Å². The Balaban J connectivity index is 2.22. The van der Waals surface area contributed by atoms with Gasteiger partial charge in [-0.2, -0.15) is 0 Å². The maximum atomic E-state index is 13.0. The van der Waals surface area contributed by atoms with Crippen molar-refractivity contribution in [1.82, 2.24) is 0 Å². The van der Waals surface area contributed by atoms with Crippen LogP contribution in [0.3, 0.4) is 0 Å². The van der Waals surface area contributed by atoms with Crippen molar-refractivity contribution in [3.63, 3.8) is 0 Å². The lowest BCUT2D eigenvalue weighted by Crippen LogP contribution is -2.02. The normalized spacial score (nSPS) is 10.4. The third kappa shape index (κ3) is 3.29. The number of ether oxygens (including phenoxy) is 2. The van der Waals surface area contributed by atoms with Crippen LogP contribution in [-0.4, -0.2) is 12.2 Å². The number of halogens is 2. The smallest absolute Gasteiger partial charge is 0.167 e. The van der Waals surface area contributed by atoms with Crippen LogP contribution in [0.2, 0.25) is 0 Å². The molecule has 0 aromatic heterocycles. The third-order valence-corrected chi connectivity index (χ3v) is 3.58. The molecule has 3 nitrogen and oxygen atoms in total. The highest BCUT2D eigenvalue weighted by Gasteiger charge is 2.11. The Morgan fingerprint density at radius 1 is 1.20 bits per heavy atom. The van der Waals surface area contributed by atoms with E-state index in [1.54, 1.807) is 24.3 Å². The molecule has 2 rings (SSSR count). The maximum absolute atomic E-state index is 13.0. The first-order chi connectivity index (χ1) is 9.65. The molecule has 0 saturated heterocycles. The zero-order chi connectivity index (χ0) is 14.5. The van der Waals surface area contributed by atoms with Gasteiger partial charge in [0.25, 0.3) is 0 Å². The predicted molar refractivity (Wildman–Crippen MR) is 77.3 cm³/mol. The van der Waals surface area contributed by atoms with Gasteiger partial charge >= 0.3 is 0 Å². The van der Waals surface area contributed by atoms with Crippen LogP contribution >= 0.6 is 15.9 Å². The Labute approximate surface area is 125 Å². The molecule has 0 fully saturated rings. The number of para-hydroxylation sites is 1. The molecule has 20 heavy (non-hydrogen) atoms. The predicted octanol–water partition coefficient (Wildman–Crippen LogP) is 3.67. The standard InChI is InChI=1S/C15H14BrFO3/c1-19-14-4-2-3-10(8-18)15(14)20-9-11-5-6-12(17)7-13(11)16/h2-7,18H,8-9H2,1H3. The first-order valence-electron chi connectivity index (χ1n) is 5.99. The van der Waals surface area contributed by atoms with Crippen LogP contribution < -0.4 is 9.47 Å². The summed E-state index contributed by atoms with van der Waals surface area (Å²) >= 11 is 3.29. The number of aliphatic hydroxyl groups is 1. The molecule has 0 radical (unpaired) electrons. The summed E-state index contributed by atoms with van der Waals surface area (Å²) in [5.41, 5.74) is 1.45. The van der Waals surface area contributed by atoms with Crippen molar-refractivity contribution in [3.05, 3.63) is 57.8 Å². The molecule has 0 aliphatic carbocycles. The number of aliphatic hydroxyl groups excluding tert-OH is 1. The van der Waals surface area contributed by atoms with E-state index in [1.807, 2.05) is 0 Å². The summed E-state index contributed by atoms with van der Waals surface area (Å²) in [6.07, 6.45) is 0. The molecule has 0 saturated carbocycles. The SMILES string of the molecule is COc1cccc(CO)c1OCc1ccc(F)cc1Br. The van der Waals surface area contributed by atoms with Crippen molar-refractivity contribution in [2.24, 2.45) is 0 Å². The molecule has 2 aromatic carbocycles. The molecule has 0 amide bonds. The van der Waals surface area contributed by atoms with Gasteiger partial charge < -0.3 is 14.6 Å². The molecule has 0 bridgehead atoms. The summed E-state index contributed by atoms with van der Waals surface area (Å²) in [5, 5.41) is 9.33. The Morgan fingerprint density at radius 2 is 2.00 bits per heavy atom. The zero-order valence-corrected chi connectivity index (χ0v) is 12.5. The molecule has 0 aliphatic rings. The quantitative estimate of drug-likeness (QED) is 0.902. The van der Waals surface area contributed by atoms with Crippen LogP contribution in [0.25, 0.3) is 0 Å². The van der Waals surface area contributed by atoms with Crippen LogP contribution in [0.4, 0.5) is 4.39 Å². The lowest BCUT2D eigenvalue weighted by atomic mass is 10.2. The van der Waals surface area contributed by atoms with E-state index in [0.717, 1.165) is 5.56 Å². The van der Waals surface area contributed by atoms with E-state index in [1.165, 1.54) is 19.2 Å². The largest absolute Gasteiger partial charge is 0.493 e. The second kappa shape index (κ2) is 6.72.